The molecular formula is C13H16N2O3. The van der Waals surface area contributed by atoms with Crippen LogP contribution in [0, 0.1) is 0 Å². The highest BCUT2D eigenvalue weighted by Gasteiger charge is 2.23. The lowest BCUT2D eigenvalue weighted by molar-refractivity contribution is 0.0936. The van der Waals surface area contributed by atoms with Gasteiger partial charge in [-0.05, 0) is 37.1 Å². The quantitative estimate of drug-likeness (QED) is 0.701. The summed E-state index contributed by atoms with van der Waals surface area (Å²) in [5, 5.41) is 14.0. The molecule has 18 heavy (non-hydrogen) atoms. The molecular weight excluding hydrogens is 232 g/mol. The van der Waals surface area contributed by atoms with E-state index in [9.17, 15) is 9.59 Å². The van der Waals surface area contributed by atoms with Crippen molar-refractivity contribution in [3.05, 3.63) is 35.4 Å². The number of nitrogens with one attached hydrogen (secondary N) is 2. The Morgan fingerprint density at radius 1 is 1.11 bits per heavy atom. The molecule has 0 radical (unpaired) electrons. The van der Waals surface area contributed by atoms with E-state index in [1.54, 1.807) is 24.3 Å². The first kappa shape index (κ1) is 12.6. The summed E-state index contributed by atoms with van der Waals surface area (Å²) >= 11 is 0. The van der Waals surface area contributed by atoms with Gasteiger partial charge in [-0.25, -0.2) is 0 Å². The fraction of sp³-hybridized carbons (Fsp3) is 0.385. The molecule has 5 heteroatoms. The zero-order valence-corrected chi connectivity index (χ0v) is 9.98. The average Bonchev–Trinajstić information content (AvgIpc) is 3.20. The van der Waals surface area contributed by atoms with Crippen LogP contribution in [0.1, 0.15) is 33.6 Å². The zero-order chi connectivity index (χ0) is 13.0. The number of carbonyl (C=O) groups excluding carboxylic acids is 2. The van der Waals surface area contributed by atoms with Gasteiger partial charge in [0.1, 0.15) is 0 Å². The number of amides is 2. The largest absolute Gasteiger partial charge is 0.395 e. The number of carbonyl (C=O) groups is 2. The summed E-state index contributed by atoms with van der Waals surface area (Å²) in [7, 11) is 0. The van der Waals surface area contributed by atoms with Crippen LogP contribution < -0.4 is 10.6 Å². The van der Waals surface area contributed by atoms with E-state index >= 15 is 0 Å². The van der Waals surface area contributed by atoms with E-state index in [0.29, 0.717) is 17.2 Å². The predicted octanol–water partition coefficient (Wildman–Crippen LogP) is 0.301. The molecule has 96 valence electrons. The van der Waals surface area contributed by atoms with Crippen LogP contribution in [0.2, 0.25) is 0 Å². The first-order valence-electron chi connectivity index (χ1n) is 6.00. The predicted molar refractivity (Wildman–Crippen MR) is 66.3 cm³/mol. The van der Waals surface area contributed by atoms with Crippen LogP contribution in [-0.4, -0.2) is 36.1 Å². The molecule has 2 rings (SSSR count). The fourth-order valence-electron chi connectivity index (χ4n) is 1.54. The molecule has 0 heterocycles. The second kappa shape index (κ2) is 5.64. The maximum absolute atomic E-state index is 11.7. The van der Waals surface area contributed by atoms with Gasteiger partial charge in [0.15, 0.2) is 0 Å². The SMILES string of the molecule is O=C(NCCO)c1ccc(C(=O)NC2CC2)cc1. The summed E-state index contributed by atoms with van der Waals surface area (Å²) in [4.78, 5) is 23.3. The van der Waals surface area contributed by atoms with Gasteiger partial charge >= 0.3 is 0 Å². The van der Waals surface area contributed by atoms with Gasteiger partial charge < -0.3 is 15.7 Å². The Balaban J connectivity index is 1.95. The van der Waals surface area contributed by atoms with Crippen LogP contribution in [0.4, 0.5) is 0 Å². The van der Waals surface area contributed by atoms with Gasteiger partial charge in [0.2, 0.25) is 0 Å². The summed E-state index contributed by atoms with van der Waals surface area (Å²) in [5.41, 5.74) is 1.03. The molecule has 0 saturated heterocycles. The highest BCUT2D eigenvalue weighted by atomic mass is 16.3. The lowest BCUT2D eigenvalue weighted by Gasteiger charge is -2.05. The molecule has 5 nitrogen and oxygen atoms in total. The van der Waals surface area contributed by atoms with Crippen molar-refractivity contribution in [1.82, 2.24) is 10.6 Å². The molecule has 0 aliphatic heterocycles. The van der Waals surface area contributed by atoms with Gasteiger partial charge in [0.25, 0.3) is 11.8 Å². The fourth-order valence-corrected chi connectivity index (χ4v) is 1.54. The monoisotopic (exact) mass is 248 g/mol. The number of aliphatic hydroxyl groups is 1. The Kier molecular flexibility index (Phi) is 3.94. The summed E-state index contributed by atoms with van der Waals surface area (Å²) in [6, 6.07) is 6.80. The van der Waals surface area contributed by atoms with Crippen molar-refractivity contribution in [2.75, 3.05) is 13.2 Å². The van der Waals surface area contributed by atoms with E-state index in [-0.39, 0.29) is 25.0 Å². The Bertz CT molecular complexity index is 438. The molecule has 1 aromatic rings. The Morgan fingerprint density at radius 3 is 2.17 bits per heavy atom. The molecule has 1 aromatic carbocycles. The summed E-state index contributed by atoms with van der Waals surface area (Å²) in [6.45, 7) is 0.135. The summed E-state index contributed by atoms with van der Waals surface area (Å²) < 4.78 is 0. The van der Waals surface area contributed by atoms with Gasteiger partial charge in [0.05, 0.1) is 6.61 Å². The van der Waals surface area contributed by atoms with Crippen molar-refractivity contribution in [3.63, 3.8) is 0 Å². The number of rotatable bonds is 5. The molecule has 2 amide bonds. The second-order valence-electron chi connectivity index (χ2n) is 4.30. The number of benzene rings is 1. The second-order valence-corrected chi connectivity index (χ2v) is 4.30. The van der Waals surface area contributed by atoms with E-state index < -0.39 is 0 Å². The third-order valence-electron chi connectivity index (χ3n) is 2.72. The lowest BCUT2D eigenvalue weighted by Crippen LogP contribution is -2.27. The smallest absolute Gasteiger partial charge is 0.251 e. The van der Waals surface area contributed by atoms with Gasteiger partial charge in [0, 0.05) is 23.7 Å². The van der Waals surface area contributed by atoms with Gasteiger partial charge in [-0.3, -0.25) is 9.59 Å². The van der Waals surface area contributed by atoms with Crippen molar-refractivity contribution < 1.29 is 14.7 Å². The van der Waals surface area contributed by atoms with Crippen molar-refractivity contribution in [3.8, 4) is 0 Å². The van der Waals surface area contributed by atoms with Gasteiger partial charge in [-0.1, -0.05) is 0 Å². The van der Waals surface area contributed by atoms with Crippen LogP contribution in [0.15, 0.2) is 24.3 Å². The topological polar surface area (TPSA) is 78.4 Å². The molecule has 1 saturated carbocycles. The van der Waals surface area contributed by atoms with Crippen LogP contribution in [0.3, 0.4) is 0 Å². The van der Waals surface area contributed by atoms with E-state index in [2.05, 4.69) is 10.6 Å². The molecule has 0 atom stereocenters. The third kappa shape index (κ3) is 3.30. The van der Waals surface area contributed by atoms with Gasteiger partial charge in [-0.2, -0.15) is 0 Å². The first-order valence-corrected chi connectivity index (χ1v) is 6.00. The van der Waals surface area contributed by atoms with Crippen LogP contribution in [-0.2, 0) is 0 Å². The summed E-state index contributed by atoms with van der Waals surface area (Å²) in [6.07, 6.45) is 2.10. The number of aliphatic hydroxyl groups excluding tert-OH is 1. The molecule has 1 fully saturated rings. The molecule has 0 unspecified atom stereocenters. The van der Waals surface area contributed by atoms with E-state index in [1.807, 2.05) is 0 Å². The number of hydrogen-bond donors (Lipinski definition) is 3. The van der Waals surface area contributed by atoms with E-state index in [1.165, 1.54) is 0 Å². The van der Waals surface area contributed by atoms with E-state index in [4.69, 9.17) is 5.11 Å². The van der Waals surface area contributed by atoms with E-state index in [0.717, 1.165) is 12.8 Å². The first-order chi connectivity index (χ1) is 8.70. The zero-order valence-electron chi connectivity index (χ0n) is 9.98. The minimum atomic E-state index is -0.252. The van der Waals surface area contributed by atoms with Crippen LogP contribution in [0.25, 0.3) is 0 Å². The maximum atomic E-state index is 11.7. The highest BCUT2D eigenvalue weighted by molar-refractivity contribution is 5.97. The normalized spacial score (nSPS) is 14.1. The summed E-state index contributed by atoms with van der Waals surface area (Å²) in [5.74, 6) is -0.349. The lowest BCUT2D eigenvalue weighted by atomic mass is 10.1. The Morgan fingerprint density at radius 2 is 1.67 bits per heavy atom. The molecule has 0 bridgehead atoms. The molecule has 1 aliphatic carbocycles. The molecule has 1 aliphatic rings. The van der Waals surface area contributed by atoms with Crippen molar-refractivity contribution in [1.29, 1.82) is 0 Å². The minimum absolute atomic E-state index is 0.0897. The van der Waals surface area contributed by atoms with Crippen molar-refractivity contribution in [2.45, 2.75) is 18.9 Å². The van der Waals surface area contributed by atoms with Gasteiger partial charge in [-0.15, -0.1) is 0 Å². The Labute approximate surface area is 105 Å². The molecule has 0 aromatic heterocycles. The molecule has 3 N–H and O–H groups in total. The number of hydrogen-bond acceptors (Lipinski definition) is 3. The maximum Gasteiger partial charge on any atom is 0.251 e. The standard InChI is InChI=1S/C13H16N2O3/c16-8-7-14-12(17)9-1-3-10(4-2-9)13(18)15-11-5-6-11/h1-4,11,16H,5-8H2,(H,14,17)(H,15,18). The van der Waals surface area contributed by atoms with Crippen molar-refractivity contribution in [2.24, 2.45) is 0 Å². The highest BCUT2D eigenvalue weighted by Crippen LogP contribution is 2.19. The van der Waals surface area contributed by atoms with Crippen LogP contribution in [0.5, 0.6) is 0 Å². The Hall–Kier alpha value is -1.88. The minimum Gasteiger partial charge on any atom is -0.395 e. The third-order valence-corrected chi connectivity index (χ3v) is 2.72. The molecule has 0 spiro atoms. The van der Waals surface area contributed by atoms with Crippen molar-refractivity contribution >= 4 is 11.8 Å². The van der Waals surface area contributed by atoms with Crippen LogP contribution >= 0.6 is 0 Å². The average molecular weight is 248 g/mol.